The molecule has 3 heterocycles. The van der Waals surface area contributed by atoms with Gasteiger partial charge in [0.1, 0.15) is 5.75 Å². The van der Waals surface area contributed by atoms with Gasteiger partial charge in [-0.15, -0.1) is 0 Å². The maximum absolute atomic E-state index is 13.9. The quantitative estimate of drug-likeness (QED) is 0.479. The van der Waals surface area contributed by atoms with Crippen LogP contribution < -0.4 is 9.64 Å². The molecule has 2 aromatic carbocycles. The van der Waals surface area contributed by atoms with Crippen LogP contribution in [0.15, 0.2) is 36.4 Å². The summed E-state index contributed by atoms with van der Waals surface area (Å²) in [6, 6.07) is 8.05. The zero-order chi connectivity index (χ0) is 25.4. The van der Waals surface area contributed by atoms with Crippen molar-refractivity contribution in [3.63, 3.8) is 0 Å². The van der Waals surface area contributed by atoms with Crippen LogP contribution in [0.25, 0.3) is 0 Å². The molecule has 11 heteroatoms. The number of ether oxygens (including phenoxy) is 1. The third kappa shape index (κ3) is 5.09. The Kier molecular flexibility index (Phi) is 6.96. The zero-order valence-corrected chi connectivity index (χ0v) is 21.0. The summed E-state index contributed by atoms with van der Waals surface area (Å²) in [6.45, 7) is 3.87. The van der Waals surface area contributed by atoms with Crippen molar-refractivity contribution >= 4 is 35.1 Å². The zero-order valence-electron chi connectivity index (χ0n) is 19.5. The number of carbonyl (C=O) groups excluding carboxylic acids is 1. The lowest BCUT2D eigenvalue weighted by Crippen LogP contribution is -2.45. The lowest BCUT2D eigenvalue weighted by molar-refractivity contribution is 0.0732. The largest absolute Gasteiger partial charge is 0.438 e. The lowest BCUT2D eigenvalue weighted by atomic mass is 10.1. The van der Waals surface area contributed by atoms with E-state index in [9.17, 15) is 13.6 Å². The first-order valence-corrected chi connectivity index (χ1v) is 12.2. The highest BCUT2D eigenvalue weighted by atomic mass is 35.5. The molecule has 5 rings (SSSR count). The molecule has 1 amide bonds. The number of amides is 1. The number of halogens is 4. The summed E-state index contributed by atoms with van der Waals surface area (Å²) in [5, 5.41) is 0.659. The summed E-state index contributed by atoms with van der Waals surface area (Å²) in [7, 11) is 2.06. The molecule has 36 heavy (non-hydrogen) atoms. The van der Waals surface area contributed by atoms with E-state index in [0.29, 0.717) is 40.1 Å². The van der Waals surface area contributed by atoms with Crippen LogP contribution in [-0.4, -0.2) is 65.4 Å². The summed E-state index contributed by atoms with van der Waals surface area (Å²) < 4.78 is 33.3. The van der Waals surface area contributed by atoms with E-state index in [0.717, 1.165) is 44.0 Å². The Balaban J connectivity index is 1.48. The molecule has 0 saturated carbocycles. The average molecular weight is 534 g/mol. The summed E-state index contributed by atoms with van der Waals surface area (Å²) in [6.07, 6.45) is 0.486. The molecule has 0 bridgehead atoms. The van der Waals surface area contributed by atoms with Crippen molar-refractivity contribution < 1.29 is 18.3 Å². The second-order valence-corrected chi connectivity index (χ2v) is 9.64. The molecule has 1 fully saturated rings. The minimum atomic E-state index is -1.02. The second-order valence-electron chi connectivity index (χ2n) is 8.83. The van der Waals surface area contributed by atoms with E-state index in [2.05, 4.69) is 21.8 Å². The number of fused-ring (bicyclic) bond motifs is 1. The van der Waals surface area contributed by atoms with Gasteiger partial charge < -0.3 is 19.4 Å². The molecule has 0 unspecified atom stereocenters. The highest BCUT2D eigenvalue weighted by Gasteiger charge is 2.29. The molecule has 0 N–H and O–H groups in total. The van der Waals surface area contributed by atoms with Gasteiger partial charge in [0.05, 0.1) is 27.8 Å². The van der Waals surface area contributed by atoms with Crippen LogP contribution in [0.2, 0.25) is 10.0 Å². The Morgan fingerprint density at radius 2 is 1.72 bits per heavy atom. The third-order valence-corrected chi connectivity index (χ3v) is 7.10. The van der Waals surface area contributed by atoms with Crippen molar-refractivity contribution in [2.24, 2.45) is 0 Å². The van der Waals surface area contributed by atoms with Gasteiger partial charge in [0.2, 0.25) is 11.8 Å². The van der Waals surface area contributed by atoms with Crippen molar-refractivity contribution in [1.82, 2.24) is 19.8 Å². The maximum atomic E-state index is 13.9. The number of aromatic nitrogens is 2. The molecular weight excluding hydrogens is 511 g/mol. The number of likely N-dealkylation sites (N-methyl/N-ethyl adjacent to an activating group) is 1. The van der Waals surface area contributed by atoms with Gasteiger partial charge in [-0.25, -0.2) is 13.8 Å². The highest BCUT2D eigenvalue weighted by molar-refractivity contribution is 6.42. The summed E-state index contributed by atoms with van der Waals surface area (Å²) >= 11 is 12.1. The Bertz CT molecular complexity index is 1320. The normalized spacial score (nSPS) is 16.1. The van der Waals surface area contributed by atoms with E-state index in [1.54, 1.807) is 17.0 Å². The molecule has 188 valence electrons. The Labute approximate surface area is 217 Å². The highest BCUT2D eigenvalue weighted by Crippen LogP contribution is 2.33. The summed E-state index contributed by atoms with van der Waals surface area (Å²) in [4.78, 5) is 28.6. The Morgan fingerprint density at radius 3 is 2.44 bits per heavy atom. The van der Waals surface area contributed by atoms with E-state index < -0.39 is 11.6 Å². The van der Waals surface area contributed by atoms with Gasteiger partial charge in [-0.2, -0.15) is 4.98 Å². The Hall–Kier alpha value is -3.01. The topological polar surface area (TPSA) is 61.8 Å². The molecule has 0 aliphatic carbocycles. The maximum Gasteiger partial charge on any atom is 0.254 e. The van der Waals surface area contributed by atoms with Crippen LogP contribution in [0.3, 0.4) is 0 Å². The molecule has 0 spiro atoms. The predicted octanol–water partition coefficient (Wildman–Crippen LogP) is 4.80. The summed E-state index contributed by atoms with van der Waals surface area (Å²) in [5.74, 6) is -1.38. The van der Waals surface area contributed by atoms with E-state index in [1.807, 2.05) is 0 Å². The average Bonchev–Trinajstić information content (AvgIpc) is 2.87. The fraction of sp³-hybridized carbons (Fsp3) is 0.320. The van der Waals surface area contributed by atoms with Crippen molar-refractivity contribution in [3.05, 3.63) is 74.9 Å². The SMILES string of the molecule is CN1CCN(c2nc3c(c(Oc4ccc(F)c(F)c4)n2)CN(C(=O)c2ccc(Cl)c(Cl)c2)CC3)CC1. The lowest BCUT2D eigenvalue weighted by Gasteiger charge is -2.34. The number of benzene rings is 2. The molecule has 3 aromatic rings. The number of rotatable bonds is 4. The standard InChI is InChI=1S/C25H23Cl2F2N5O2/c1-32-8-10-33(11-9-32)25-30-22-6-7-34(24(35)15-2-4-18(26)19(27)12-15)14-17(22)23(31-25)36-16-3-5-20(28)21(29)13-16/h2-5,12-13H,6-11,14H2,1H3. The number of piperazine rings is 1. The van der Waals surface area contributed by atoms with Crippen LogP contribution in [0.5, 0.6) is 11.6 Å². The van der Waals surface area contributed by atoms with Gasteiger partial charge in [0.15, 0.2) is 11.6 Å². The minimum absolute atomic E-state index is 0.104. The van der Waals surface area contributed by atoms with E-state index >= 15 is 0 Å². The number of hydrogen-bond acceptors (Lipinski definition) is 6. The number of nitrogens with zero attached hydrogens (tertiary/aromatic N) is 5. The van der Waals surface area contributed by atoms with Gasteiger partial charge in [0.25, 0.3) is 5.91 Å². The van der Waals surface area contributed by atoms with Gasteiger partial charge in [-0.1, -0.05) is 23.2 Å². The van der Waals surface area contributed by atoms with Crippen LogP contribution in [0.1, 0.15) is 21.6 Å². The van der Waals surface area contributed by atoms with E-state index in [1.165, 1.54) is 12.1 Å². The van der Waals surface area contributed by atoms with Gasteiger partial charge in [0, 0.05) is 50.8 Å². The van der Waals surface area contributed by atoms with Crippen LogP contribution in [-0.2, 0) is 13.0 Å². The third-order valence-electron chi connectivity index (χ3n) is 6.36. The first-order valence-electron chi connectivity index (χ1n) is 11.5. The number of anilines is 1. The van der Waals surface area contributed by atoms with Gasteiger partial charge in [-0.05, 0) is 37.4 Å². The van der Waals surface area contributed by atoms with Crippen molar-refractivity contribution in [2.45, 2.75) is 13.0 Å². The van der Waals surface area contributed by atoms with Gasteiger partial charge in [-0.3, -0.25) is 4.79 Å². The van der Waals surface area contributed by atoms with Gasteiger partial charge >= 0.3 is 0 Å². The van der Waals surface area contributed by atoms with Crippen LogP contribution in [0.4, 0.5) is 14.7 Å². The molecule has 1 saturated heterocycles. The van der Waals surface area contributed by atoms with Crippen molar-refractivity contribution in [2.75, 3.05) is 44.7 Å². The van der Waals surface area contributed by atoms with E-state index in [4.69, 9.17) is 32.9 Å². The number of hydrogen-bond donors (Lipinski definition) is 0. The minimum Gasteiger partial charge on any atom is -0.438 e. The smallest absolute Gasteiger partial charge is 0.254 e. The fourth-order valence-corrected chi connectivity index (χ4v) is 4.54. The predicted molar refractivity (Wildman–Crippen MR) is 133 cm³/mol. The number of carbonyl (C=O) groups is 1. The molecular formula is C25H23Cl2F2N5O2. The van der Waals surface area contributed by atoms with Crippen LogP contribution >= 0.6 is 23.2 Å². The molecule has 7 nitrogen and oxygen atoms in total. The Morgan fingerprint density at radius 1 is 0.944 bits per heavy atom. The molecule has 0 radical (unpaired) electrons. The van der Waals surface area contributed by atoms with Crippen LogP contribution in [0, 0.1) is 11.6 Å². The summed E-state index contributed by atoms with van der Waals surface area (Å²) in [5.41, 5.74) is 1.79. The first-order chi connectivity index (χ1) is 17.3. The second kappa shape index (κ2) is 10.2. The fourth-order valence-electron chi connectivity index (χ4n) is 4.24. The molecule has 2 aliphatic rings. The van der Waals surface area contributed by atoms with Crippen molar-refractivity contribution in [1.29, 1.82) is 0 Å². The molecule has 2 aliphatic heterocycles. The van der Waals surface area contributed by atoms with Crippen molar-refractivity contribution in [3.8, 4) is 11.6 Å². The molecule has 1 aromatic heterocycles. The molecule has 0 atom stereocenters. The monoisotopic (exact) mass is 533 g/mol. The first kappa shape index (κ1) is 24.7. The van der Waals surface area contributed by atoms with E-state index in [-0.39, 0.29) is 24.1 Å².